The van der Waals surface area contributed by atoms with Crippen LogP contribution in [0.4, 0.5) is 5.69 Å². The Labute approximate surface area is 157 Å². The molecule has 5 nitrogen and oxygen atoms in total. The summed E-state index contributed by atoms with van der Waals surface area (Å²) in [5.41, 5.74) is 1.79. The molecule has 2 aromatic carbocycles. The number of hydrogen-bond donors (Lipinski definition) is 1. The van der Waals surface area contributed by atoms with E-state index in [0.29, 0.717) is 0 Å². The standard InChI is InChI=1S/C20H22N4OS/c1-14(2)18(19(25)21-16-10-6-4-7-11-16)26-20-23-22-15(3)24(20)17-12-8-5-9-13-17/h4-14,18H,1-3H3,(H,21,25). The molecular weight excluding hydrogens is 344 g/mol. The second-order valence-electron chi connectivity index (χ2n) is 6.34. The third-order valence-electron chi connectivity index (χ3n) is 3.95. The van der Waals surface area contributed by atoms with E-state index in [2.05, 4.69) is 15.5 Å². The lowest BCUT2D eigenvalue weighted by Gasteiger charge is -2.20. The predicted molar refractivity (Wildman–Crippen MR) is 106 cm³/mol. The van der Waals surface area contributed by atoms with Crippen LogP contribution in [-0.4, -0.2) is 25.9 Å². The number of aromatic nitrogens is 3. The van der Waals surface area contributed by atoms with E-state index in [-0.39, 0.29) is 17.1 Å². The molecule has 3 rings (SSSR count). The number of aryl methyl sites for hydroxylation is 1. The van der Waals surface area contributed by atoms with Crippen LogP contribution < -0.4 is 5.32 Å². The molecule has 0 aliphatic heterocycles. The van der Waals surface area contributed by atoms with Gasteiger partial charge in [0.05, 0.1) is 5.25 Å². The van der Waals surface area contributed by atoms with Crippen molar-refractivity contribution >= 4 is 23.4 Å². The van der Waals surface area contributed by atoms with Gasteiger partial charge in [-0.3, -0.25) is 9.36 Å². The Kier molecular flexibility index (Phi) is 5.73. The summed E-state index contributed by atoms with van der Waals surface area (Å²) in [6.45, 7) is 6.00. The van der Waals surface area contributed by atoms with Gasteiger partial charge in [0.15, 0.2) is 5.16 Å². The maximum atomic E-state index is 12.8. The van der Waals surface area contributed by atoms with E-state index in [1.165, 1.54) is 11.8 Å². The van der Waals surface area contributed by atoms with Gasteiger partial charge in [-0.15, -0.1) is 10.2 Å². The highest BCUT2D eigenvalue weighted by Crippen LogP contribution is 2.30. The maximum absolute atomic E-state index is 12.8. The Hall–Kier alpha value is -2.60. The van der Waals surface area contributed by atoms with Crippen molar-refractivity contribution < 1.29 is 4.79 Å². The lowest BCUT2D eigenvalue weighted by atomic mass is 10.1. The number of carbonyl (C=O) groups is 1. The fraction of sp³-hybridized carbons (Fsp3) is 0.250. The molecule has 0 spiro atoms. The first-order valence-electron chi connectivity index (χ1n) is 8.56. The molecular formula is C20H22N4OS. The Morgan fingerprint density at radius 1 is 1.00 bits per heavy atom. The van der Waals surface area contributed by atoms with Crippen LogP contribution >= 0.6 is 11.8 Å². The van der Waals surface area contributed by atoms with Crippen molar-refractivity contribution in [2.24, 2.45) is 5.92 Å². The van der Waals surface area contributed by atoms with Gasteiger partial charge in [0.25, 0.3) is 0 Å². The summed E-state index contributed by atoms with van der Waals surface area (Å²) in [5, 5.41) is 11.9. The Morgan fingerprint density at radius 3 is 2.23 bits per heavy atom. The average molecular weight is 366 g/mol. The first-order chi connectivity index (χ1) is 12.6. The summed E-state index contributed by atoms with van der Waals surface area (Å²) in [6, 6.07) is 19.5. The lowest BCUT2D eigenvalue weighted by molar-refractivity contribution is -0.116. The van der Waals surface area contributed by atoms with Crippen LogP contribution in [0.15, 0.2) is 65.8 Å². The zero-order valence-electron chi connectivity index (χ0n) is 15.1. The van der Waals surface area contributed by atoms with Gasteiger partial charge in [-0.05, 0) is 37.1 Å². The van der Waals surface area contributed by atoms with Gasteiger partial charge in [-0.2, -0.15) is 0 Å². The number of carbonyl (C=O) groups excluding carboxylic acids is 1. The molecule has 0 fully saturated rings. The SMILES string of the molecule is Cc1nnc(SC(C(=O)Nc2ccccc2)C(C)C)n1-c1ccccc1. The average Bonchev–Trinajstić information content (AvgIpc) is 3.01. The summed E-state index contributed by atoms with van der Waals surface area (Å²) < 4.78 is 1.98. The van der Waals surface area contributed by atoms with Crippen molar-refractivity contribution in [3.05, 3.63) is 66.5 Å². The van der Waals surface area contributed by atoms with E-state index in [1.54, 1.807) is 0 Å². The van der Waals surface area contributed by atoms with Gasteiger partial charge >= 0.3 is 0 Å². The fourth-order valence-corrected chi connectivity index (χ4v) is 3.73. The van der Waals surface area contributed by atoms with Crippen molar-refractivity contribution in [1.29, 1.82) is 0 Å². The molecule has 1 unspecified atom stereocenters. The minimum atomic E-state index is -0.277. The van der Waals surface area contributed by atoms with Gasteiger partial charge in [-0.25, -0.2) is 0 Å². The van der Waals surface area contributed by atoms with Gasteiger partial charge in [0, 0.05) is 11.4 Å². The summed E-state index contributed by atoms with van der Waals surface area (Å²) >= 11 is 1.44. The van der Waals surface area contributed by atoms with Crippen LogP contribution in [0.1, 0.15) is 19.7 Å². The largest absolute Gasteiger partial charge is 0.325 e. The second kappa shape index (κ2) is 8.19. The van der Waals surface area contributed by atoms with Crippen molar-refractivity contribution in [3.63, 3.8) is 0 Å². The minimum absolute atomic E-state index is 0.0311. The summed E-state index contributed by atoms with van der Waals surface area (Å²) in [7, 11) is 0. The minimum Gasteiger partial charge on any atom is -0.325 e. The highest BCUT2D eigenvalue weighted by Gasteiger charge is 2.26. The number of thioether (sulfide) groups is 1. The number of hydrogen-bond acceptors (Lipinski definition) is 4. The van der Waals surface area contributed by atoms with Crippen LogP contribution in [0.25, 0.3) is 5.69 Å². The predicted octanol–water partition coefficient (Wildman–Crippen LogP) is 4.33. The quantitative estimate of drug-likeness (QED) is 0.660. The molecule has 1 N–H and O–H groups in total. The number of anilines is 1. The number of benzene rings is 2. The van der Waals surface area contributed by atoms with Crippen LogP contribution in [0, 0.1) is 12.8 Å². The van der Waals surface area contributed by atoms with Gasteiger partial charge < -0.3 is 5.32 Å². The van der Waals surface area contributed by atoms with Gasteiger partial charge in [-0.1, -0.05) is 62.0 Å². The fourth-order valence-electron chi connectivity index (χ4n) is 2.63. The van der Waals surface area contributed by atoms with Gasteiger partial charge in [0.1, 0.15) is 5.82 Å². The first-order valence-corrected chi connectivity index (χ1v) is 9.44. The Balaban J connectivity index is 1.84. The summed E-state index contributed by atoms with van der Waals surface area (Å²) in [4.78, 5) is 12.8. The smallest absolute Gasteiger partial charge is 0.238 e. The molecule has 0 radical (unpaired) electrons. The van der Waals surface area contributed by atoms with Crippen molar-refractivity contribution in [1.82, 2.24) is 14.8 Å². The lowest BCUT2D eigenvalue weighted by Crippen LogP contribution is -2.30. The van der Waals surface area contributed by atoms with Crippen molar-refractivity contribution in [2.75, 3.05) is 5.32 Å². The molecule has 0 saturated heterocycles. The molecule has 1 aromatic heterocycles. The third kappa shape index (κ3) is 4.14. The van der Waals surface area contributed by atoms with Crippen LogP contribution in [0.5, 0.6) is 0 Å². The zero-order chi connectivity index (χ0) is 18.5. The summed E-state index contributed by atoms with van der Waals surface area (Å²) in [5.74, 6) is 0.908. The van der Waals surface area contributed by atoms with Crippen molar-refractivity contribution in [3.8, 4) is 5.69 Å². The summed E-state index contributed by atoms with van der Waals surface area (Å²) in [6.07, 6.45) is 0. The molecule has 0 aliphatic carbocycles. The normalized spacial score (nSPS) is 12.2. The topological polar surface area (TPSA) is 59.8 Å². The molecule has 0 bridgehead atoms. The molecule has 26 heavy (non-hydrogen) atoms. The number of nitrogens with zero attached hydrogens (tertiary/aromatic N) is 3. The van der Waals surface area contributed by atoms with Crippen LogP contribution in [0.3, 0.4) is 0 Å². The third-order valence-corrected chi connectivity index (χ3v) is 5.43. The second-order valence-corrected chi connectivity index (χ2v) is 7.45. The highest BCUT2D eigenvalue weighted by atomic mass is 32.2. The zero-order valence-corrected chi connectivity index (χ0v) is 15.9. The number of rotatable bonds is 6. The number of nitrogens with one attached hydrogen (secondary N) is 1. The Morgan fingerprint density at radius 2 is 1.62 bits per heavy atom. The molecule has 0 saturated carbocycles. The molecule has 134 valence electrons. The van der Waals surface area contributed by atoms with E-state index in [9.17, 15) is 4.79 Å². The molecule has 3 aromatic rings. The highest BCUT2D eigenvalue weighted by molar-refractivity contribution is 8.00. The van der Waals surface area contributed by atoms with Crippen LogP contribution in [0.2, 0.25) is 0 Å². The molecule has 6 heteroatoms. The molecule has 1 amide bonds. The van der Waals surface area contributed by atoms with Crippen molar-refractivity contribution in [2.45, 2.75) is 31.2 Å². The first kappa shape index (κ1) is 18.2. The number of amides is 1. The maximum Gasteiger partial charge on any atom is 0.238 e. The van der Waals surface area contributed by atoms with E-state index < -0.39 is 0 Å². The van der Waals surface area contributed by atoms with E-state index >= 15 is 0 Å². The van der Waals surface area contributed by atoms with Crippen LogP contribution in [-0.2, 0) is 4.79 Å². The molecule has 1 atom stereocenters. The number of para-hydroxylation sites is 2. The van der Waals surface area contributed by atoms with E-state index in [1.807, 2.05) is 86.0 Å². The van der Waals surface area contributed by atoms with E-state index in [4.69, 9.17) is 0 Å². The molecule has 1 heterocycles. The Bertz CT molecular complexity index is 862. The monoisotopic (exact) mass is 366 g/mol. The molecule has 0 aliphatic rings. The van der Waals surface area contributed by atoms with Gasteiger partial charge in [0.2, 0.25) is 5.91 Å². The van der Waals surface area contributed by atoms with E-state index in [0.717, 1.165) is 22.4 Å².